The topological polar surface area (TPSA) is 42.7 Å². The minimum atomic E-state index is -0.259. The van der Waals surface area contributed by atoms with E-state index in [4.69, 9.17) is 0 Å². The average molecular weight is 282 g/mol. The molecule has 0 aliphatic carbocycles. The van der Waals surface area contributed by atoms with Crippen LogP contribution in [0.2, 0.25) is 0 Å². The Morgan fingerprint density at radius 3 is 2.48 bits per heavy atom. The van der Waals surface area contributed by atoms with Gasteiger partial charge in [0, 0.05) is 11.4 Å². The molecule has 1 aromatic carbocycles. The van der Waals surface area contributed by atoms with Gasteiger partial charge in [-0.1, -0.05) is 6.07 Å². The van der Waals surface area contributed by atoms with Gasteiger partial charge in [-0.25, -0.2) is 14.1 Å². The van der Waals surface area contributed by atoms with Crippen molar-refractivity contribution in [2.45, 2.75) is 13.8 Å². The molecule has 0 unspecified atom stereocenters. The highest BCUT2D eigenvalue weighted by molar-refractivity contribution is 5.56. The number of halogens is 1. The van der Waals surface area contributed by atoms with E-state index in [1.54, 1.807) is 16.8 Å². The first kappa shape index (κ1) is 13.3. The highest BCUT2D eigenvalue weighted by Gasteiger charge is 2.06. The predicted molar refractivity (Wildman–Crippen MR) is 80.5 cm³/mol. The van der Waals surface area contributed by atoms with Gasteiger partial charge in [-0.3, -0.25) is 0 Å². The van der Waals surface area contributed by atoms with Crippen LogP contribution in [0.1, 0.15) is 11.4 Å². The van der Waals surface area contributed by atoms with Gasteiger partial charge in [0.05, 0.1) is 5.69 Å². The molecular weight excluding hydrogens is 267 g/mol. The first-order valence-electron chi connectivity index (χ1n) is 6.65. The van der Waals surface area contributed by atoms with Crippen molar-refractivity contribution in [1.29, 1.82) is 0 Å². The Balaban J connectivity index is 1.89. The Morgan fingerprint density at radius 1 is 1.05 bits per heavy atom. The van der Waals surface area contributed by atoms with E-state index in [0.29, 0.717) is 5.82 Å². The molecule has 2 heterocycles. The molecule has 1 N–H and O–H groups in total. The fourth-order valence-corrected chi connectivity index (χ4v) is 2.15. The molecule has 5 heteroatoms. The molecule has 0 fully saturated rings. The maximum absolute atomic E-state index is 12.9. The molecule has 0 saturated heterocycles. The molecule has 0 aliphatic heterocycles. The molecule has 0 atom stereocenters. The zero-order valence-corrected chi connectivity index (χ0v) is 11.8. The van der Waals surface area contributed by atoms with Gasteiger partial charge in [0.2, 0.25) is 0 Å². The molecule has 0 bridgehead atoms. The average Bonchev–Trinajstić information content (AvgIpc) is 2.81. The van der Waals surface area contributed by atoms with E-state index in [2.05, 4.69) is 15.4 Å². The molecule has 3 aromatic rings. The number of nitrogens with one attached hydrogen (secondary N) is 1. The Kier molecular flexibility index (Phi) is 3.39. The van der Waals surface area contributed by atoms with Crippen LogP contribution in [0.25, 0.3) is 5.82 Å². The predicted octanol–water partition coefficient (Wildman–Crippen LogP) is 3.77. The summed E-state index contributed by atoms with van der Waals surface area (Å²) in [6.45, 7) is 3.94. The van der Waals surface area contributed by atoms with E-state index in [0.717, 1.165) is 22.9 Å². The lowest BCUT2D eigenvalue weighted by molar-refractivity contribution is 0.628. The minimum absolute atomic E-state index is 0.259. The summed E-state index contributed by atoms with van der Waals surface area (Å²) >= 11 is 0. The highest BCUT2D eigenvalue weighted by atomic mass is 19.1. The number of rotatable bonds is 3. The minimum Gasteiger partial charge on any atom is -0.340 e. The number of pyridine rings is 1. The SMILES string of the molecule is Cc1cc(C)n(-c2cccc(Nc3ccc(F)cc3)n2)n1. The lowest BCUT2D eigenvalue weighted by Crippen LogP contribution is -2.03. The standard InChI is InChI=1S/C16H15FN4/c1-11-10-12(2)21(20-11)16-5-3-4-15(19-16)18-14-8-6-13(17)7-9-14/h3-10H,1-2H3,(H,18,19). The van der Waals surface area contributed by atoms with Gasteiger partial charge in [-0.15, -0.1) is 0 Å². The molecule has 106 valence electrons. The van der Waals surface area contributed by atoms with Crippen molar-refractivity contribution in [1.82, 2.24) is 14.8 Å². The van der Waals surface area contributed by atoms with Gasteiger partial charge in [0.25, 0.3) is 0 Å². The quantitative estimate of drug-likeness (QED) is 0.795. The summed E-state index contributed by atoms with van der Waals surface area (Å²) in [5.74, 6) is 1.17. The van der Waals surface area contributed by atoms with Crippen LogP contribution in [0.3, 0.4) is 0 Å². The van der Waals surface area contributed by atoms with Crippen LogP contribution in [-0.4, -0.2) is 14.8 Å². The zero-order valence-electron chi connectivity index (χ0n) is 11.8. The van der Waals surface area contributed by atoms with E-state index in [1.807, 2.05) is 38.1 Å². The molecule has 0 aliphatic rings. The number of hydrogen-bond donors (Lipinski definition) is 1. The molecule has 0 radical (unpaired) electrons. The van der Waals surface area contributed by atoms with Gasteiger partial charge in [0.15, 0.2) is 5.82 Å². The Hall–Kier alpha value is -2.69. The third kappa shape index (κ3) is 2.91. The zero-order chi connectivity index (χ0) is 14.8. The van der Waals surface area contributed by atoms with Crippen molar-refractivity contribution in [3.8, 4) is 5.82 Å². The summed E-state index contributed by atoms with van der Waals surface area (Å²) in [5.41, 5.74) is 2.76. The molecule has 0 saturated carbocycles. The van der Waals surface area contributed by atoms with E-state index in [-0.39, 0.29) is 5.82 Å². The second-order valence-electron chi connectivity index (χ2n) is 4.85. The fraction of sp³-hybridized carbons (Fsp3) is 0.125. The van der Waals surface area contributed by atoms with Crippen molar-refractivity contribution >= 4 is 11.5 Å². The second-order valence-corrected chi connectivity index (χ2v) is 4.85. The molecule has 0 spiro atoms. The maximum atomic E-state index is 12.9. The highest BCUT2D eigenvalue weighted by Crippen LogP contribution is 2.17. The maximum Gasteiger partial charge on any atom is 0.156 e. The van der Waals surface area contributed by atoms with Crippen molar-refractivity contribution in [3.63, 3.8) is 0 Å². The van der Waals surface area contributed by atoms with Gasteiger partial charge < -0.3 is 5.32 Å². The van der Waals surface area contributed by atoms with Crippen LogP contribution in [0.4, 0.5) is 15.9 Å². The van der Waals surface area contributed by atoms with Crippen LogP contribution in [0.15, 0.2) is 48.5 Å². The summed E-state index contributed by atoms with van der Waals surface area (Å²) < 4.78 is 14.7. The van der Waals surface area contributed by atoms with E-state index in [9.17, 15) is 4.39 Å². The van der Waals surface area contributed by atoms with E-state index >= 15 is 0 Å². The van der Waals surface area contributed by atoms with Crippen LogP contribution in [0, 0.1) is 19.7 Å². The van der Waals surface area contributed by atoms with Gasteiger partial charge in [-0.2, -0.15) is 5.10 Å². The normalized spacial score (nSPS) is 10.6. The third-order valence-electron chi connectivity index (χ3n) is 3.08. The first-order valence-corrected chi connectivity index (χ1v) is 6.65. The Labute approximate surface area is 122 Å². The van der Waals surface area contributed by atoms with Crippen molar-refractivity contribution in [2.24, 2.45) is 0 Å². The van der Waals surface area contributed by atoms with Crippen molar-refractivity contribution < 1.29 is 4.39 Å². The number of hydrogen-bond acceptors (Lipinski definition) is 3. The lowest BCUT2D eigenvalue weighted by Gasteiger charge is -2.08. The number of benzene rings is 1. The monoisotopic (exact) mass is 282 g/mol. The Bertz CT molecular complexity index is 762. The number of aryl methyl sites for hydroxylation is 2. The molecule has 0 amide bonds. The third-order valence-corrected chi connectivity index (χ3v) is 3.08. The fourth-order valence-electron chi connectivity index (χ4n) is 2.15. The van der Waals surface area contributed by atoms with Crippen LogP contribution in [0.5, 0.6) is 0 Å². The van der Waals surface area contributed by atoms with Crippen LogP contribution < -0.4 is 5.32 Å². The van der Waals surface area contributed by atoms with E-state index < -0.39 is 0 Å². The largest absolute Gasteiger partial charge is 0.340 e. The summed E-state index contributed by atoms with van der Waals surface area (Å²) in [7, 11) is 0. The summed E-state index contributed by atoms with van der Waals surface area (Å²) in [5, 5.41) is 7.57. The summed E-state index contributed by atoms with van der Waals surface area (Å²) in [6, 6.07) is 13.8. The van der Waals surface area contributed by atoms with Crippen LogP contribution in [-0.2, 0) is 0 Å². The van der Waals surface area contributed by atoms with Crippen LogP contribution >= 0.6 is 0 Å². The second kappa shape index (κ2) is 5.36. The summed E-state index contributed by atoms with van der Waals surface area (Å²) in [6.07, 6.45) is 0. The van der Waals surface area contributed by atoms with Gasteiger partial charge in [-0.05, 0) is 56.3 Å². The molecular formula is C16H15FN4. The number of aromatic nitrogens is 3. The first-order chi connectivity index (χ1) is 10.1. The Morgan fingerprint density at radius 2 is 1.81 bits per heavy atom. The van der Waals surface area contributed by atoms with Gasteiger partial charge in [0.1, 0.15) is 11.6 Å². The number of anilines is 2. The summed E-state index contributed by atoms with van der Waals surface area (Å²) in [4.78, 5) is 4.53. The van der Waals surface area contributed by atoms with Gasteiger partial charge >= 0.3 is 0 Å². The molecule has 4 nitrogen and oxygen atoms in total. The van der Waals surface area contributed by atoms with E-state index in [1.165, 1.54) is 12.1 Å². The smallest absolute Gasteiger partial charge is 0.156 e. The number of nitrogens with zero attached hydrogens (tertiary/aromatic N) is 3. The van der Waals surface area contributed by atoms with Crippen molar-refractivity contribution in [3.05, 3.63) is 65.7 Å². The molecule has 2 aromatic heterocycles. The molecule has 21 heavy (non-hydrogen) atoms. The molecule has 3 rings (SSSR count). The van der Waals surface area contributed by atoms with Crippen molar-refractivity contribution in [2.75, 3.05) is 5.32 Å². The lowest BCUT2D eigenvalue weighted by atomic mass is 10.3.